The van der Waals surface area contributed by atoms with Crippen molar-refractivity contribution in [2.24, 2.45) is 5.92 Å². The first kappa shape index (κ1) is 18.0. The van der Waals surface area contributed by atoms with Crippen LogP contribution in [0, 0.1) is 5.92 Å². The van der Waals surface area contributed by atoms with Crippen LogP contribution in [0.3, 0.4) is 0 Å². The Kier molecular flexibility index (Phi) is 7.39. The second-order valence-electron chi connectivity index (χ2n) is 5.21. The first-order valence-electron chi connectivity index (χ1n) is 7.21. The zero-order chi connectivity index (χ0) is 16.5. The number of carbonyl (C=O) groups is 2. The van der Waals surface area contributed by atoms with Crippen molar-refractivity contribution in [3.63, 3.8) is 0 Å². The van der Waals surface area contributed by atoms with E-state index in [0.717, 1.165) is 0 Å². The molecule has 22 heavy (non-hydrogen) atoms. The number of methoxy groups -OCH3 is 2. The van der Waals surface area contributed by atoms with E-state index in [9.17, 15) is 9.59 Å². The summed E-state index contributed by atoms with van der Waals surface area (Å²) in [5.74, 6) is 0.149. The molecule has 0 aliphatic rings. The van der Waals surface area contributed by atoms with Crippen LogP contribution in [-0.2, 0) is 9.53 Å². The highest BCUT2D eigenvalue weighted by molar-refractivity contribution is 5.97. The minimum atomic E-state index is -0.591. The molecule has 1 unspecified atom stereocenters. The minimum absolute atomic E-state index is 0.0234. The van der Waals surface area contributed by atoms with Crippen LogP contribution in [-0.4, -0.2) is 45.2 Å². The van der Waals surface area contributed by atoms with Crippen molar-refractivity contribution in [3.8, 4) is 5.75 Å². The van der Waals surface area contributed by atoms with Gasteiger partial charge in [0.2, 0.25) is 5.91 Å². The summed E-state index contributed by atoms with van der Waals surface area (Å²) in [5.41, 5.74) is 0.483. The summed E-state index contributed by atoms with van der Waals surface area (Å²) >= 11 is 0. The van der Waals surface area contributed by atoms with Crippen LogP contribution >= 0.6 is 0 Å². The minimum Gasteiger partial charge on any atom is -0.497 e. The monoisotopic (exact) mass is 308 g/mol. The second kappa shape index (κ2) is 9.04. The number of ether oxygens (including phenoxy) is 2. The third-order valence-corrected chi connectivity index (χ3v) is 3.19. The van der Waals surface area contributed by atoms with Crippen molar-refractivity contribution in [1.29, 1.82) is 0 Å². The number of rotatable bonds is 8. The highest BCUT2D eigenvalue weighted by Gasteiger charge is 2.24. The van der Waals surface area contributed by atoms with Crippen molar-refractivity contribution in [2.75, 3.05) is 27.4 Å². The van der Waals surface area contributed by atoms with Crippen LogP contribution in [0.4, 0.5) is 0 Å². The Morgan fingerprint density at radius 1 is 1.14 bits per heavy atom. The molecule has 0 aliphatic carbocycles. The number of hydrogen-bond acceptors (Lipinski definition) is 4. The molecule has 0 heterocycles. The van der Waals surface area contributed by atoms with Gasteiger partial charge in [0.25, 0.3) is 5.91 Å². The number of carbonyl (C=O) groups excluding carboxylic acids is 2. The van der Waals surface area contributed by atoms with Crippen LogP contribution in [0.2, 0.25) is 0 Å². The van der Waals surface area contributed by atoms with E-state index in [2.05, 4.69) is 10.6 Å². The Hall–Kier alpha value is -2.08. The molecule has 0 radical (unpaired) electrons. The second-order valence-corrected chi connectivity index (χ2v) is 5.21. The smallest absolute Gasteiger partial charge is 0.251 e. The molecule has 1 atom stereocenters. The topological polar surface area (TPSA) is 76.7 Å². The van der Waals surface area contributed by atoms with Crippen molar-refractivity contribution in [1.82, 2.24) is 10.6 Å². The van der Waals surface area contributed by atoms with Gasteiger partial charge < -0.3 is 20.1 Å². The lowest BCUT2D eigenvalue weighted by Crippen LogP contribution is -2.50. The predicted octanol–water partition coefficient (Wildman–Crippen LogP) is 1.21. The lowest BCUT2D eigenvalue weighted by atomic mass is 10.0. The Balaban J connectivity index is 2.68. The fourth-order valence-corrected chi connectivity index (χ4v) is 1.89. The Morgan fingerprint density at radius 2 is 1.77 bits per heavy atom. The van der Waals surface area contributed by atoms with Gasteiger partial charge in [0.15, 0.2) is 0 Å². The maximum atomic E-state index is 12.2. The molecule has 0 aliphatic heterocycles. The average molecular weight is 308 g/mol. The van der Waals surface area contributed by atoms with Crippen molar-refractivity contribution < 1.29 is 19.1 Å². The molecule has 1 aromatic carbocycles. The fourth-order valence-electron chi connectivity index (χ4n) is 1.89. The molecule has 2 amide bonds. The Labute approximate surface area is 131 Å². The van der Waals surface area contributed by atoms with E-state index >= 15 is 0 Å². The highest BCUT2D eigenvalue weighted by Crippen LogP contribution is 2.12. The van der Waals surface area contributed by atoms with Gasteiger partial charge >= 0.3 is 0 Å². The SMILES string of the molecule is COCCNC(=O)C(NC(=O)c1ccc(OC)cc1)C(C)C. The van der Waals surface area contributed by atoms with Gasteiger partial charge in [-0.3, -0.25) is 9.59 Å². The van der Waals surface area contributed by atoms with Gasteiger partial charge in [-0.2, -0.15) is 0 Å². The van der Waals surface area contributed by atoms with E-state index in [0.29, 0.717) is 24.5 Å². The van der Waals surface area contributed by atoms with Crippen LogP contribution < -0.4 is 15.4 Å². The fraction of sp³-hybridized carbons (Fsp3) is 0.500. The van der Waals surface area contributed by atoms with Crippen LogP contribution in [0.15, 0.2) is 24.3 Å². The van der Waals surface area contributed by atoms with Gasteiger partial charge in [0.05, 0.1) is 13.7 Å². The van der Waals surface area contributed by atoms with Crippen molar-refractivity contribution in [3.05, 3.63) is 29.8 Å². The average Bonchev–Trinajstić information content (AvgIpc) is 2.52. The molecule has 0 saturated heterocycles. The largest absolute Gasteiger partial charge is 0.497 e. The summed E-state index contributed by atoms with van der Waals surface area (Å²) in [4.78, 5) is 24.4. The summed E-state index contributed by atoms with van der Waals surface area (Å²) < 4.78 is 9.94. The highest BCUT2D eigenvalue weighted by atomic mass is 16.5. The summed E-state index contributed by atoms with van der Waals surface area (Å²) in [5, 5.41) is 5.51. The Bertz CT molecular complexity index is 485. The van der Waals surface area contributed by atoms with Crippen LogP contribution in [0.25, 0.3) is 0 Å². The lowest BCUT2D eigenvalue weighted by Gasteiger charge is -2.21. The third kappa shape index (κ3) is 5.37. The van der Waals surface area contributed by atoms with E-state index in [1.165, 1.54) is 0 Å². The van der Waals surface area contributed by atoms with E-state index in [-0.39, 0.29) is 17.7 Å². The Morgan fingerprint density at radius 3 is 2.27 bits per heavy atom. The molecule has 0 saturated carbocycles. The van der Waals surface area contributed by atoms with Gasteiger partial charge in [-0.05, 0) is 30.2 Å². The van der Waals surface area contributed by atoms with E-state index in [1.807, 2.05) is 13.8 Å². The third-order valence-electron chi connectivity index (χ3n) is 3.19. The molecule has 1 rings (SSSR count). The summed E-state index contributed by atoms with van der Waals surface area (Å²) in [6, 6.07) is 6.14. The van der Waals surface area contributed by atoms with E-state index < -0.39 is 6.04 Å². The van der Waals surface area contributed by atoms with Gasteiger partial charge in [-0.1, -0.05) is 13.8 Å². The maximum Gasteiger partial charge on any atom is 0.251 e. The van der Waals surface area contributed by atoms with Crippen molar-refractivity contribution in [2.45, 2.75) is 19.9 Å². The maximum absolute atomic E-state index is 12.2. The number of hydrogen-bond donors (Lipinski definition) is 2. The predicted molar refractivity (Wildman–Crippen MR) is 84.0 cm³/mol. The quantitative estimate of drug-likeness (QED) is 0.708. The lowest BCUT2D eigenvalue weighted by molar-refractivity contribution is -0.124. The molecule has 122 valence electrons. The number of amides is 2. The summed E-state index contributed by atoms with van der Waals surface area (Å²) in [6.45, 7) is 4.61. The van der Waals surface area contributed by atoms with E-state index in [4.69, 9.17) is 9.47 Å². The van der Waals surface area contributed by atoms with Gasteiger partial charge in [-0.15, -0.1) is 0 Å². The first-order chi connectivity index (χ1) is 10.5. The summed E-state index contributed by atoms with van der Waals surface area (Å²) in [7, 11) is 3.13. The zero-order valence-corrected chi connectivity index (χ0v) is 13.5. The van der Waals surface area contributed by atoms with Gasteiger partial charge in [-0.25, -0.2) is 0 Å². The molecule has 6 nitrogen and oxygen atoms in total. The molecular weight excluding hydrogens is 284 g/mol. The normalized spacial score (nSPS) is 11.9. The molecule has 0 aromatic heterocycles. The first-order valence-corrected chi connectivity index (χ1v) is 7.21. The standard InChI is InChI=1S/C16H24N2O4/c1-11(2)14(16(20)17-9-10-21-3)18-15(19)12-5-7-13(22-4)8-6-12/h5-8,11,14H,9-10H2,1-4H3,(H,17,20)(H,18,19). The summed E-state index contributed by atoms with van der Waals surface area (Å²) in [6.07, 6.45) is 0. The van der Waals surface area contributed by atoms with Gasteiger partial charge in [0.1, 0.15) is 11.8 Å². The van der Waals surface area contributed by atoms with E-state index in [1.54, 1.807) is 38.5 Å². The molecule has 1 aromatic rings. The van der Waals surface area contributed by atoms with Crippen LogP contribution in [0.5, 0.6) is 5.75 Å². The molecule has 0 spiro atoms. The molecule has 2 N–H and O–H groups in total. The molecule has 0 bridgehead atoms. The number of nitrogens with one attached hydrogen (secondary N) is 2. The molecule has 6 heteroatoms. The zero-order valence-electron chi connectivity index (χ0n) is 13.5. The molecule has 0 fully saturated rings. The van der Waals surface area contributed by atoms with Crippen LogP contribution in [0.1, 0.15) is 24.2 Å². The van der Waals surface area contributed by atoms with Crippen molar-refractivity contribution >= 4 is 11.8 Å². The molecular formula is C16H24N2O4. The van der Waals surface area contributed by atoms with Gasteiger partial charge in [0, 0.05) is 19.2 Å². The number of benzene rings is 1.